The minimum atomic E-state index is -2.86. The van der Waals surface area contributed by atoms with Crippen LogP contribution < -0.4 is 9.47 Å². The minimum absolute atomic E-state index is 0.0878. The number of alkyl halides is 2. The molecule has 0 aliphatic carbocycles. The van der Waals surface area contributed by atoms with Gasteiger partial charge in [-0.15, -0.1) is 0 Å². The molecule has 1 aromatic rings. The summed E-state index contributed by atoms with van der Waals surface area (Å²) in [5.41, 5.74) is -0.0878. The lowest BCUT2D eigenvalue weighted by Crippen LogP contribution is -2.07. The minimum Gasteiger partial charge on any atom is -0.493 e. The van der Waals surface area contributed by atoms with E-state index in [0.717, 1.165) is 6.92 Å². The number of ether oxygens (including phenoxy) is 2. The van der Waals surface area contributed by atoms with Crippen LogP contribution in [0.15, 0.2) is 18.2 Å². The van der Waals surface area contributed by atoms with Crippen LogP contribution in [0, 0.1) is 0 Å². The summed E-state index contributed by atoms with van der Waals surface area (Å²) in [7, 11) is 2.87. The van der Waals surface area contributed by atoms with Gasteiger partial charge in [0, 0.05) is 12.5 Å². The highest BCUT2D eigenvalue weighted by Gasteiger charge is 2.25. The quantitative estimate of drug-likeness (QED) is 0.750. The Balaban J connectivity index is 3.14. The van der Waals surface area contributed by atoms with E-state index in [1.165, 1.54) is 32.4 Å². The van der Waals surface area contributed by atoms with E-state index in [9.17, 15) is 8.78 Å². The summed E-state index contributed by atoms with van der Waals surface area (Å²) < 4.78 is 35.7. The van der Waals surface area contributed by atoms with E-state index in [0.29, 0.717) is 11.5 Å². The largest absolute Gasteiger partial charge is 0.493 e. The average Bonchev–Trinajstić information content (AvgIpc) is 2.15. The third-order valence-electron chi connectivity index (χ3n) is 1.89. The first-order chi connectivity index (χ1) is 6.49. The maximum atomic E-state index is 12.9. The van der Waals surface area contributed by atoms with Crippen molar-refractivity contribution in [2.75, 3.05) is 14.2 Å². The molecule has 0 saturated carbocycles. The monoisotopic (exact) mass is 202 g/mol. The van der Waals surface area contributed by atoms with E-state index in [2.05, 4.69) is 0 Å². The molecule has 0 fully saturated rings. The summed E-state index contributed by atoms with van der Waals surface area (Å²) in [5, 5.41) is 0. The zero-order chi connectivity index (χ0) is 10.8. The van der Waals surface area contributed by atoms with Gasteiger partial charge in [0.2, 0.25) is 0 Å². The highest BCUT2D eigenvalue weighted by atomic mass is 19.3. The van der Waals surface area contributed by atoms with Crippen molar-refractivity contribution in [1.29, 1.82) is 0 Å². The van der Waals surface area contributed by atoms with Crippen LogP contribution in [0.5, 0.6) is 11.5 Å². The Hall–Kier alpha value is -1.32. The molecule has 0 amide bonds. The first-order valence-corrected chi connectivity index (χ1v) is 4.09. The molecule has 14 heavy (non-hydrogen) atoms. The van der Waals surface area contributed by atoms with Crippen LogP contribution in [0.4, 0.5) is 8.78 Å². The molecule has 0 unspecified atom stereocenters. The summed E-state index contributed by atoms with van der Waals surface area (Å²) in [5.74, 6) is -2.11. The van der Waals surface area contributed by atoms with Gasteiger partial charge < -0.3 is 9.47 Å². The standard InChI is InChI=1S/C10H12F2O2/c1-10(11,12)7-4-5-8(13-2)9(6-7)14-3/h4-6H,1-3H3. The van der Waals surface area contributed by atoms with E-state index in [1.807, 2.05) is 0 Å². The molecule has 1 aromatic carbocycles. The average molecular weight is 202 g/mol. The summed E-state index contributed by atoms with van der Waals surface area (Å²) in [4.78, 5) is 0. The first kappa shape index (κ1) is 10.8. The second kappa shape index (κ2) is 3.82. The SMILES string of the molecule is COc1ccc(C(C)(F)F)cc1OC. The molecule has 2 nitrogen and oxygen atoms in total. The second-order valence-corrected chi connectivity index (χ2v) is 2.96. The third kappa shape index (κ3) is 2.13. The maximum absolute atomic E-state index is 12.9. The predicted molar refractivity (Wildman–Crippen MR) is 49.1 cm³/mol. The zero-order valence-corrected chi connectivity index (χ0v) is 8.30. The van der Waals surface area contributed by atoms with Crippen molar-refractivity contribution < 1.29 is 18.3 Å². The molecule has 1 rings (SSSR count). The van der Waals surface area contributed by atoms with Crippen molar-refractivity contribution in [2.45, 2.75) is 12.8 Å². The molecule has 0 atom stereocenters. The fraction of sp³-hybridized carbons (Fsp3) is 0.400. The fourth-order valence-corrected chi connectivity index (χ4v) is 1.11. The molecular weight excluding hydrogens is 190 g/mol. The summed E-state index contributed by atoms with van der Waals surface area (Å²) in [6.45, 7) is 0.842. The van der Waals surface area contributed by atoms with E-state index in [4.69, 9.17) is 9.47 Å². The molecule has 0 spiro atoms. The van der Waals surface area contributed by atoms with Gasteiger partial charge in [0.15, 0.2) is 11.5 Å². The summed E-state index contributed by atoms with van der Waals surface area (Å²) >= 11 is 0. The highest BCUT2D eigenvalue weighted by molar-refractivity contribution is 5.43. The smallest absolute Gasteiger partial charge is 0.270 e. The van der Waals surface area contributed by atoms with Crippen LogP contribution in [0.25, 0.3) is 0 Å². The van der Waals surface area contributed by atoms with Crippen molar-refractivity contribution in [3.05, 3.63) is 23.8 Å². The van der Waals surface area contributed by atoms with Crippen LogP contribution in [-0.2, 0) is 5.92 Å². The van der Waals surface area contributed by atoms with Crippen LogP contribution in [0.1, 0.15) is 12.5 Å². The van der Waals surface area contributed by atoms with E-state index in [1.54, 1.807) is 0 Å². The Morgan fingerprint density at radius 2 is 1.64 bits per heavy atom. The molecule has 0 aliphatic heterocycles. The lowest BCUT2D eigenvalue weighted by molar-refractivity contribution is 0.0172. The van der Waals surface area contributed by atoms with E-state index >= 15 is 0 Å². The molecule has 0 heterocycles. The normalized spacial score (nSPS) is 11.2. The molecule has 0 N–H and O–H groups in total. The third-order valence-corrected chi connectivity index (χ3v) is 1.89. The van der Waals surface area contributed by atoms with Gasteiger partial charge in [-0.05, 0) is 18.2 Å². The van der Waals surface area contributed by atoms with E-state index < -0.39 is 5.92 Å². The number of hydrogen-bond donors (Lipinski definition) is 0. The Bertz CT molecular complexity index is 318. The first-order valence-electron chi connectivity index (χ1n) is 4.09. The lowest BCUT2D eigenvalue weighted by Gasteiger charge is -2.13. The molecule has 4 heteroatoms. The molecule has 0 bridgehead atoms. The number of rotatable bonds is 3. The number of methoxy groups -OCH3 is 2. The molecule has 0 radical (unpaired) electrons. The van der Waals surface area contributed by atoms with Gasteiger partial charge in [-0.2, -0.15) is 0 Å². The van der Waals surface area contributed by atoms with Gasteiger partial charge >= 0.3 is 0 Å². The number of benzene rings is 1. The Labute approximate surface area is 81.4 Å². The molecule has 0 saturated heterocycles. The Morgan fingerprint density at radius 1 is 1.07 bits per heavy atom. The van der Waals surface area contributed by atoms with Crippen LogP contribution in [0.3, 0.4) is 0 Å². The van der Waals surface area contributed by atoms with Crippen molar-refractivity contribution >= 4 is 0 Å². The van der Waals surface area contributed by atoms with Crippen LogP contribution in [-0.4, -0.2) is 14.2 Å². The van der Waals surface area contributed by atoms with Gasteiger partial charge in [0.1, 0.15) is 0 Å². The Kier molecular flexibility index (Phi) is 2.93. The van der Waals surface area contributed by atoms with Gasteiger partial charge in [-0.25, -0.2) is 8.78 Å². The van der Waals surface area contributed by atoms with Crippen molar-refractivity contribution in [2.24, 2.45) is 0 Å². The molecular formula is C10H12F2O2. The predicted octanol–water partition coefficient (Wildman–Crippen LogP) is 2.82. The fourth-order valence-electron chi connectivity index (χ4n) is 1.11. The maximum Gasteiger partial charge on any atom is 0.270 e. The summed E-state index contributed by atoms with van der Waals surface area (Å²) in [6.07, 6.45) is 0. The van der Waals surface area contributed by atoms with Crippen molar-refractivity contribution in [3.8, 4) is 11.5 Å². The number of hydrogen-bond acceptors (Lipinski definition) is 2. The van der Waals surface area contributed by atoms with Gasteiger partial charge in [-0.3, -0.25) is 0 Å². The van der Waals surface area contributed by atoms with Gasteiger partial charge in [-0.1, -0.05) is 0 Å². The zero-order valence-electron chi connectivity index (χ0n) is 8.30. The molecule has 0 aromatic heterocycles. The van der Waals surface area contributed by atoms with Crippen LogP contribution in [0.2, 0.25) is 0 Å². The molecule has 0 aliphatic rings. The number of halogens is 2. The van der Waals surface area contributed by atoms with E-state index in [-0.39, 0.29) is 5.56 Å². The van der Waals surface area contributed by atoms with Crippen molar-refractivity contribution in [3.63, 3.8) is 0 Å². The highest BCUT2D eigenvalue weighted by Crippen LogP contribution is 2.34. The summed E-state index contributed by atoms with van der Waals surface area (Å²) in [6, 6.07) is 4.06. The second-order valence-electron chi connectivity index (χ2n) is 2.96. The lowest BCUT2D eigenvalue weighted by atomic mass is 10.1. The Morgan fingerprint density at radius 3 is 2.07 bits per heavy atom. The van der Waals surface area contributed by atoms with Gasteiger partial charge in [0.25, 0.3) is 5.92 Å². The van der Waals surface area contributed by atoms with Crippen LogP contribution >= 0.6 is 0 Å². The topological polar surface area (TPSA) is 18.5 Å². The van der Waals surface area contributed by atoms with Gasteiger partial charge in [0.05, 0.1) is 14.2 Å². The molecule has 78 valence electrons. The van der Waals surface area contributed by atoms with Crippen molar-refractivity contribution in [1.82, 2.24) is 0 Å².